The Morgan fingerprint density at radius 1 is 1.29 bits per heavy atom. The monoisotopic (exact) mass is 356 g/mol. The standard InChI is InChI=1S/C18H28N2O3.ClH/c1-2-20(15-18(21)22)16-9-12-19(13-10-16)11-6-14-23-17-7-4-3-5-8-17;/h3-5,7-8,16H,2,6,9-15H2,1H3,(H,21,22);1H. The molecule has 1 aromatic rings. The summed E-state index contributed by atoms with van der Waals surface area (Å²) in [4.78, 5) is 15.4. The predicted octanol–water partition coefficient (Wildman–Crippen LogP) is 2.75. The van der Waals surface area contributed by atoms with E-state index in [1.807, 2.05) is 37.3 Å². The van der Waals surface area contributed by atoms with E-state index in [0.717, 1.165) is 57.8 Å². The molecule has 0 unspecified atom stereocenters. The Kier molecular flexibility index (Phi) is 9.76. The van der Waals surface area contributed by atoms with Crippen LogP contribution in [0.2, 0.25) is 0 Å². The van der Waals surface area contributed by atoms with Gasteiger partial charge in [-0.15, -0.1) is 12.4 Å². The van der Waals surface area contributed by atoms with Gasteiger partial charge in [0.2, 0.25) is 0 Å². The van der Waals surface area contributed by atoms with Crippen molar-refractivity contribution in [2.24, 2.45) is 0 Å². The minimum atomic E-state index is -0.729. The zero-order chi connectivity index (χ0) is 16.5. The Bertz CT molecular complexity index is 465. The Morgan fingerprint density at radius 3 is 2.54 bits per heavy atom. The van der Waals surface area contributed by atoms with Crippen molar-refractivity contribution in [1.82, 2.24) is 9.80 Å². The number of ether oxygens (including phenoxy) is 1. The first kappa shape index (κ1) is 20.7. The summed E-state index contributed by atoms with van der Waals surface area (Å²) in [5.74, 6) is 0.200. The molecule has 136 valence electrons. The zero-order valence-corrected chi connectivity index (χ0v) is 15.2. The van der Waals surface area contributed by atoms with Gasteiger partial charge in [0.1, 0.15) is 5.75 Å². The normalized spacial score (nSPS) is 15.9. The molecular weight excluding hydrogens is 328 g/mol. The van der Waals surface area contributed by atoms with E-state index in [9.17, 15) is 4.79 Å². The third-order valence-corrected chi connectivity index (χ3v) is 4.45. The zero-order valence-electron chi connectivity index (χ0n) is 14.4. The molecule has 0 spiro atoms. The van der Waals surface area contributed by atoms with E-state index in [1.54, 1.807) is 0 Å². The molecule has 2 rings (SSSR count). The molecule has 0 aliphatic carbocycles. The molecule has 1 aliphatic rings. The van der Waals surface area contributed by atoms with Crippen molar-refractivity contribution in [3.8, 4) is 5.75 Å². The van der Waals surface area contributed by atoms with Gasteiger partial charge in [0, 0.05) is 12.6 Å². The number of benzene rings is 1. The lowest BCUT2D eigenvalue weighted by molar-refractivity contribution is -0.139. The molecule has 0 amide bonds. The van der Waals surface area contributed by atoms with Crippen LogP contribution < -0.4 is 4.74 Å². The lowest BCUT2D eigenvalue weighted by Crippen LogP contribution is -2.46. The summed E-state index contributed by atoms with van der Waals surface area (Å²) in [7, 11) is 0. The van der Waals surface area contributed by atoms with Gasteiger partial charge in [-0.25, -0.2) is 0 Å². The highest BCUT2D eigenvalue weighted by Crippen LogP contribution is 2.16. The van der Waals surface area contributed by atoms with Crippen LogP contribution >= 0.6 is 12.4 Å². The number of piperidine rings is 1. The maximum absolute atomic E-state index is 10.9. The van der Waals surface area contributed by atoms with Crippen LogP contribution in [-0.4, -0.2) is 66.2 Å². The first-order chi connectivity index (χ1) is 11.2. The fraction of sp³-hybridized carbons (Fsp3) is 0.611. The number of likely N-dealkylation sites (tertiary alicyclic amines) is 1. The molecule has 1 heterocycles. The van der Waals surface area contributed by atoms with E-state index in [-0.39, 0.29) is 19.0 Å². The van der Waals surface area contributed by atoms with Crippen molar-refractivity contribution in [2.45, 2.75) is 32.2 Å². The van der Waals surface area contributed by atoms with Crippen molar-refractivity contribution in [1.29, 1.82) is 0 Å². The van der Waals surface area contributed by atoms with E-state index in [0.29, 0.717) is 6.04 Å². The summed E-state index contributed by atoms with van der Waals surface area (Å²) in [6, 6.07) is 10.3. The summed E-state index contributed by atoms with van der Waals surface area (Å²) in [6.45, 7) is 6.89. The Morgan fingerprint density at radius 2 is 1.96 bits per heavy atom. The van der Waals surface area contributed by atoms with Crippen molar-refractivity contribution in [2.75, 3.05) is 39.3 Å². The molecule has 5 nitrogen and oxygen atoms in total. The third kappa shape index (κ3) is 7.07. The van der Waals surface area contributed by atoms with Gasteiger partial charge in [-0.05, 0) is 51.0 Å². The predicted molar refractivity (Wildman–Crippen MR) is 98.1 cm³/mol. The summed E-state index contributed by atoms with van der Waals surface area (Å²) in [5, 5.41) is 8.97. The van der Waals surface area contributed by atoms with Gasteiger partial charge in [0.15, 0.2) is 0 Å². The molecule has 1 aliphatic heterocycles. The SMILES string of the molecule is CCN(CC(=O)O)C1CCN(CCCOc2ccccc2)CC1.Cl. The van der Waals surface area contributed by atoms with Gasteiger partial charge >= 0.3 is 5.97 Å². The van der Waals surface area contributed by atoms with Crippen molar-refractivity contribution < 1.29 is 14.6 Å². The molecular formula is C18H29ClN2O3. The average molecular weight is 357 g/mol. The quantitative estimate of drug-likeness (QED) is 0.689. The van der Waals surface area contributed by atoms with Crippen molar-refractivity contribution in [3.63, 3.8) is 0 Å². The van der Waals surface area contributed by atoms with Crippen LogP contribution in [0.25, 0.3) is 0 Å². The van der Waals surface area contributed by atoms with Crippen LogP contribution in [0.1, 0.15) is 26.2 Å². The molecule has 0 bridgehead atoms. The molecule has 0 atom stereocenters. The van der Waals surface area contributed by atoms with E-state index in [4.69, 9.17) is 9.84 Å². The van der Waals surface area contributed by atoms with Crippen LogP contribution in [-0.2, 0) is 4.79 Å². The number of aliphatic carboxylic acids is 1. The number of hydrogen-bond donors (Lipinski definition) is 1. The average Bonchev–Trinajstić information content (AvgIpc) is 2.58. The number of carboxylic acid groups (broad SMARTS) is 1. The Balaban J connectivity index is 0.00000288. The summed E-state index contributed by atoms with van der Waals surface area (Å²) >= 11 is 0. The highest BCUT2D eigenvalue weighted by Gasteiger charge is 2.24. The first-order valence-corrected chi connectivity index (χ1v) is 8.55. The number of halogens is 1. The lowest BCUT2D eigenvalue weighted by atomic mass is 10.0. The van der Waals surface area contributed by atoms with E-state index < -0.39 is 5.97 Å². The van der Waals surface area contributed by atoms with Gasteiger partial charge < -0.3 is 14.7 Å². The first-order valence-electron chi connectivity index (χ1n) is 8.55. The van der Waals surface area contributed by atoms with Crippen LogP contribution in [0.15, 0.2) is 30.3 Å². The maximum atomic E-state index is 10.9. The van der Waals surface area contributed by atoms with Gasteiger partial charge in [0.25, 0.3) is 0 Å². The van der Waals surface area contributed by atoms with Crippen molar-refractivity contribution >= 4 is 18.4 Å². The molecule has 0 saturated carbocycles. The molecule has 1 saturated heterocycles. The number of carboxylic acids is 1. The van der Waals surface area contributed by atoms with Crippen LogP contribution in [0.5, 0.6) is 5.75 Å². The number of para-hydroxylation sites is 1. The van der Waals surface area contributed by atoms with Crippen LogP contribution in [0.3, 0.4) is 0 Å². The second-order valence-corrected chi connectivity index (χ2v) is 6.04. The number of rotatable bonds is 9. The van der Waals surface area contributed by atoms with Crippen LogP contribution in [0.4, 0.5) is 0 Å². The van der Waals surface area contributed by atoms with E-state index in [2.05, 4.69) is 9.80 Å². The molecule has 0 radical (unpaired) electrons. The van der Waals surface area contributed by atoms with Gasteiger partial charge in [-0.1, -0.05) is 25.1 Å². The Labute approximate surface area is 151 Å². The maximum Gasteiger partial charge on any atom is 0.317 e. The fourth-order valence-electron chi connectivity index (χ4n) is 3.18. The van der Waals surface area contributed by atoms with Crippen molar-refractivity contribution in [3.05, 3.63) is 30.3 Å². The minimum absolute atomic E-state index is 0. The summed E-state index contributed by atoms with van der Waals surface area (Å²) < 4.78 is 5.72. The number of carbonyl (C=O) groups is 1. The third-order valence-electron chi connectivity index (χ3n) is 4.45. The molecule has 1 N–H and O–H groups in total. The number of likely N-dealkylation sites (N-methyl/N-ethyl adjacent to an activating group) is 1. The van der Waals surface area contributed by atoms with E-state index >= 15 is 0 Å². The second-order valence-electron chi connectivity index (χ2n) is 6.04. The van der Waals surface area contributed by atoms with Gasteiger partial charge in [-0.2, -0.15) is 0 Å². The largest absolute Gasteiger partial charge is 0.494 e. The lowest BCUT2D eigenvalue weighted by Gasteiger charge is -2.37. The molecule has 0 aromatic heterocycles. The highest BCUT2D eigenvalue weighted by molar-refractivity contribution is 5.85. The molecule has 1 aromatic carbocycles. The molecule has 24 heavy (non-hydrogen) atoms. The van der Waals surface area contributed by atoms with E-state index in [1.165, 1.54) is 0 Å². The topological polar surface area (TPSA) is 53.0 Å². The fourth-order valence-corrected chi connectivity index (χ4v) is 3.18. The summed E-state index contributed by atoms with van der Waals surface area (Å²) in [6.07, 6.45) is 3.13. The van der Waals surface area contributed by atoms with Gasteiger partial charge in [0.05, 0.1) is 13.2 Å². The molecule has 1 fully saturated rings. The minimum Gasteiger partial charge on any atom is -0.494 e. The number of hydrogen-bond acceptors (Lipinski definition) is 4. The smallest absolute Gasteiger partial charge is 0.317 e. The molecule has 6 heteroatoms. The van der Waals surface area contributed by atoms with Gasteiger partial charge in [-0.3, -0.25) is 9.69 Å². The highest BCUT2D eigenvalue weighted by atomic mass is 35.5. The number of nitrogens with zero attached hydrogens (tertiary/aromatic N) is 2. The summed E-state index contributed by atoms with van der Waals surface area (Å²) in [5.41, 5.74) is 0. The Hall–Kier alpha value is -1.30. The van der Waals surface area contributed by atoms with Crippen LogP contribution in [0, 0.1) is 0 Å². The second kappa shape index (κ2) is 11.3.